The second-order valence-electron chi connectivity index (χ2n) is 5.65. The van der Waals surface area contributed by atoms with Crippen molar-refractivity contribution in [3.05, 3.63) is 52.9 Å². The SMILES string of the molecule is CCNC(=NCc1ccc(C(F)(F)F)cc1)NCCNS(=O)(=O)c1cccs1.I. The minimum atomic E-state index is -4.37. The van der Waals surface area contributed by atoms with Crippen LogP contribution in [0, 0.1) is 0 Å². The second kappa shape index (κ2) is 11.7. The van der Waals surface area contributed by atoms with Crippen molar-refractivity contribution in [1.29, 1.82) is 0 Å². The first-order valence-electron chi connectivity index (χ1n) is 8.44. The van der Waals surface area contributed by atoms with Crippen LogP contribution < -0.4 is 15.4 Å². The lowest BCUT2D eigenvalue weighted by Gasteiger charge is -2.12. The quantitative estimate of drug-likeness (QED) is 0.200. The van der Waals surface area contributed by atoms with E-state index in [0.717, 1.165) is 23.5 Å². The number of nitrogens with zero attached hydrogens (tertiary/aromatic N) is 1. The molecule has 162 valence electrons. The van der Waals surface area contributed by atoms with Crippen LogP contribution in [0.25, 0.3) is 0 Å². The van der Waals surface area contributed by atoms with Gasteiger partial charge in [-0.25, -0.2) is 18.1 Å². The number of benzene rings is 1. The number of alkyl halides is 3. The van der Waals surface area contributed by atoms with Crippen molar-refractivity contribution in [1.82, 2.24) is 15.4 Å². The lowest BCUT2D eigenvalue weighted by molar-refractivity contribution is -0.137. The highest BCUT2D eigenvalue weighted by Crippen LogP contribution is 2.29. The molecule has 0 saturated heterocycles. The summed E-state index contributed by atoms with van der Waals surface area (Å²) in [5, 5.41) is 7.66. The average Bonchev–Trinajstić information content (AvgIpc) is 3.18. The topological polar surface area (TPSA) is 82.6 Å². The number of halogens is 4. The molecule has 0 atom stereocenters. The number of rotatable bonds is 8. The highest BCUT2D eigenvalue weighted by Gasteiger charge is 2.29. The molecule has 6 nitrogen and oxygen atoms in total. The van der Waals surface area contributed by atoms with Crippen LogP contribution in [-0.2, 0) is 22.7 Å². The summed E-state index contributed by atoms with van der Waals surface area (Å²) in [5.74, 6) is 0.442. The van der Waals surface area contributed by atoms with Crippen LogP contribution in [0.3, 0.4) is 0 Å². The number of hydrogen-bond donors (Lipinski definition) is 3. The molecule has 0 aliphatic carbocycles. The fourth-order valence-electron chi connectivity index (χ4n) is 2.17. The maximum absolute atomic E-state index is 12.6. The molecule has 2 rings (SSSR count). The van der Waals surface area contributed by atoms with Crippen LogP contribution in [-0.4, -0.2) is 34.0 Å². The number of aliphatic imine (C=N–C) groups is 1. The molecular formula is C17H22F3IN4O2S2. The van der Waals surface area contributed by atoms with Crippen LogP contribution in [0.1, 0.15) is 18.1 Å². The Balaban J connectivity index is 0.00000420. The molecule has 3 N–H and O–H groups in total. The molecule has 0 fully saturated rings. The van der Waals surface area contributed by atoms with E-state index in [4.69, 9.17) is 0 Å². The van der Waals surface area contributed by atoms with Gasteiger partial charge in [0.15, 0.2) is 5.96 Å². The second-order valence-corrected chi connectivity index (χ2v) is 8.59. The van der Waals surface area contributed by atoms with E-state index in [-0.39, 0.29) is 41.3 Å². The van der Waals surface area contributed by atoms with Gasteiger partial charge in [0.05, 0.1) is 12.1 Å². The van der Waals surface area contributed by atoms with Gasteiger partial charge in [-0.15, -0.1) is 35.3 Å². The zero-order valence-electron chi connectivity index (χ0n) is 15.5. The van der Waals surface area contributed by atoms with Crippen LogP contribution in [0.5, 0.6) is 0 Å². The molecule has 0 aliphatic heterocycles. The van der Waals surface area contributed by atoms with Gasteiger partial charge in [0.2, 0.25) is 10.0 Å². The molecule has 0 radical (unpaired) electrons. The van der Waals surface area contributed by atoms with E-state index in [2.05, 4.69) is 20.3 Å². The number of guanidine groups is 1. The van der Waals surface area contributed by atoms with E-state index >= 15 is 0 Å². The monoisotopic (exact) mass is 562 g/mol. The van der Waals surface area contributed by atoms with Crippen molar-refractivity contribution < 1.29 is 21.6 Å². The molecule has 2 aromatic rings. The summed E-state index contributed by atoms with van der Waals surface area (Å²) < 4.78 is 64.5. The Labute approximate surface area is 189 Å². The largest absolute Gasteiger partial charge is 0.416 e. The van der Waals surface area contributed by atoms with Gasteiger partial charge in [-0.2, -0.15) is 13.2 Å². The third kappa shape index (κ3) is 8.48. The van der Waals surface area contributed by atoms with Crippen LogP contribution in [0.2, 0.25) is 0 Å². The first kappa shape index (κ1) is 25.7. The first-order chi connectivity index (χ1) is 13.2. The molecular weight excluding hydrogens is 540 g/mol. The zero-order chi connectivity index (χ0) is 20.6. The van der Waals surface area contributed by atoms with Gasteiger partial charge in [-0.05, 0) is 36.1 Å². The molecule has 0 amide bonds. The lowest BCUT2D eigenvalue weighted by Crippen LogP contribution is -2.41. The minimum Gasteiger partial charge on any atom is -0.357 e. The predicted octanol–water partition coefficient (Wildman–Crippen LogP) is 3.42. The maximum Gasteiger partial charge on any atom is 0.416 e. The van der Waals surface area contributed by atoms with E-state index in [9.17, 15) is 21.6 Å². The van der Waals surface area contributed by atoms with Gasteiger partial charge in [0.25, 0.3) is 0 Å². The molecule has 0 aliphatic rings. The first-order valence-corrected chi connectivity index (χ1v) is 10.8. The van der Waals surface area contributed by atoms with E-state index in [1.54, 1.807) is 11.4 Å². The smallest absolute Gasteiger partial charge is 0.357 e. The third-order valence-corrected chi connectivity index (χ3v) is 6.37. The summed E-state index contributed by atoms with van der Waals surface area (Å²) in [6, 6.07) is 7.98. The van der Waals surface area contributed by atoms with Crippen molar-refractivity contribution in [3.63, 3.8) is 0 Å². The normalized spacial score (nSPS) is 12.3. The van der Waals surface area contributed by atoms with Gasteiger partial charge >= 0.3 is 6.18 Å². The Morgan fingerprint density at radius 3 is 2.34 bits per heavy atom. The summed E-state index contributed by atoms with van der Waals surface area (Å²) in [6.45, 7) is 3.09. The van der Waals surface area contributed by atoms with Crippen molar-refractivity contribution in [2.24, 2.45) is 4.99 Å². The fourth-order valence-corrected chi connectivity index (χ4v) is 4.23. The number of hydrogen-bond acceptors (Lipinski definition) is 4. The van der Waals surface area contributed by atoms with Crippen LogP contribution in [0.4, 0.5) is 13.2 Å². The van der Waals surface area contributed by atoms with Crippen molar-refractivity contribution >= 4 is 51.3 Å². The zero-order valence-corrected chi connectivity index (χ0v) is 19.5. The minimum absolute atomic E-state index is 0. The van der Waals surface area contributed by atoms with Crippen LogP contribution >= 0.6 is 35.3 Å². The highest BCUT2D eigenvalue weighted by atomic mass is 127. The molecule has 0 spiro atoms. The van der Waals surface area contributed by atoms with Gasteiger partial charge in [0.1, 0.15) is 4.21 Å². The summed E-state index contributed by atoms with van der Waals surface area (Å²) in [5.41, 5.74) is -0.0770. The highest BCUT2D eigenvalue weighted by molar-refractivity contribution is 14.0. The Morgan fingerprint density at radius 2 is 1.79 bits per heavy atom. The number of thiophene rings is 1. The Bertz CT molecular complexity index is 871. The molecule has 12 heteroatoms. The summed E-state index contributed by atoms with van der Waals surface area (Å²) >= 11 is 1.13. The van der Waals surface area contributed by atoms with Crippen LogP contribution in [0.15, 0.2) is 51.0 Å². The van der Waals surface area contributed by atoms with Crippen molar-refractivity contribution in [3.8, 4) is 0 Å². The van der Waals surface area contributed by atoms with Gasteiger partial charge in [-0.1, -0.05) is 18.2 Å². The number of sulfonamides is 1. The molecule has 1 heterocycles. The van der Waals surface area contributed by atoms with Crippen molar-refractivity contribution in [2.45, 2.75) is 23.9 Å². The molecule has 0 unspecified atom stereocenters. The Morgan fingerprint density at radius 1 is 1.10 bits per heavy atom. The van der Waals surface area contributed by atoms with E-state index in [1.807, 2.05) is 6.92 Å². The maximum atomic E-state index is 12.6. The summed E-state index contributed by atoms with van der Waals surface area (Å²) in [4.78, 5) is 4.30. The van der Waals surface area contributed by atoms with Gasteiger partial charge in [-0.3, -0.25) is 0 Å². The van der Waals surface area contributed by atoms with Crippen molar-refractivity contribution in [2.75, 3.05) is 19.6 Å². The average molecular weight is 562 g/mol. The molecule has 1 aromatic heterocycles. The number of nitrogens with one attached hydrogen (secondary N) is 3. The lowest BCUT2D eigenvalue weighted by atomic mass is 10.1. The van der Waals surface area contributed by atoms with Gasteiger partial charge < -0.3 is 10.6 Å². The van der Waals surface area contributed by atoms with Gasteiger partial charge in [0, 0.05) is 19.6 Å². The summed E-state index contributed by atoms with van der Waals surface area (Å²) in [7, 11) is -3.52. The summed E-state index contributed by atoms with van der Waals surface area (Å²) in [6.07, 6.45) is -4.37. The standard InChI is InChI=1S/C17H21F3N4O2S2.HI/c1-2-21-16(22-9-10-24-28(25,26)15-4-3-11-27-15)23-12-13-5-7-14(8-6-13)17(18,19)20;/h3-8,11,24H,2,9-10,12H2,1H3,(H2,21,22,23);1H. The van der Waals surface area contributed by atoms with E-state index < -0.39 is 21.8 Å². The Kier molecular flexibility index (Phi) is 10.4. The third-order valence-electron chi connectivity index (χ3n) is 3.51. The predicted molar refractivity (Wildman–Crippen MR) is 119 cm³/mol. The fraction of sp³-hybridized carbons (Fsp3) is 0.353. The molecule has 0 saturated carbocycles. The molecule has 1 aromatic carbocycles. The molecule has 0 bridgehead atoms. The van der Waals surface area contributed by atoms with E-state index in [0.29, 0.717) is 24.6 Å². The molecule has 29 heavy (non-hydrogen) atoms. The van der Waals surface area contributed by atoms with E-state index in [1.165, 1.54) is 18.2 Å². The Hall–Kier alpha value is -1.38.